The summed E-state index contributed by atoms with van der Waals surface area (Å²) in [4.78, 5) is 22.7. The number of carboxylic acid groups (broad SMARTS) is 1. The molecule has 4 heteroatoms. The highest BCUT2D eigenvalue weighted by atomic mass is 16.5. The van der Waals surface area contributed by atoms with Crippen molar-refractivity contribution in [3.63, 3.8) is 0 Å². The predicted molar refractivity (Wildman–Crippen MR) is 65.0 cm³/mol. The Morgan fingerprint density at radius 3 is 2.72 bits per heavy atom. The van der Waals surface area contributed by atoms with Gasteiger partial charge in [0.1, 0.15) is 6.10 Å². The molecule has 0 spiro atoms. The fourth-order valence-electron chi connectivity index (χ4n) is 2.27. The maximum atomic E-state index is 11.4. The summed E-state index contributed by atoms with van der Waals surface area (Å²) in [6.07, 6.45) is 1.30. The van der Waals surface area contributed by atoms with Gasteiger partial charge in [0.15, 0.2) is 0 Å². The molecule has 1 heterocycles. The maximum Gasteiger partial charge on any atom is 0.310 e. The number of hydrogen-bond donors (Lipinski definition) is 1. The summed E-state index contributed by atoms with van der Waals surface area (Å²) in [5, 5.41) is 9.21. The Balaban J connectivity index is 2.14. The van der Waals surface area contributed by atoms with Crippen molar-refractivity contribution >= 4 is 11.9 Å². The summed E-state index contributed by atoms with van der Waals surface area (Å²) >= 11 is 0. The van der Waals surface area contributed by atoms with E-state index in [0.29, 0.717) is 25.7 Å². The van der Waals surface area contributed by atoms with E-state index in [4.69, 9.17) is 4.74 Å². The van der Waals surface area contributed by atoms with Gasteiger partial charge in [-0.15, -0.1) is 0 Å². The van der Waals surface area contributed by atoms with E-state index in [-0.39, 0.29) is 5.97 Å². The zero-order valence-corrected chi connectivity index (χ0v) is 10.0. The Morgan fingerprint density at radius 2 is 2.06 bits per heavy atom. The molecule has 1 aliphatic heterocycles. The first-order chi connectivity index (χ1) is 8.66. The molecule has 4 nitrogen and oxygen atoms in total. The average molecular weight is 248 g/mol. The SMILES string of the molecule is O=C1CCCC(C(=O)O)C(Cc2ccccc2)O1. The maximum absolute atomic E-state index is 11.4. The van der Waals surface area contributed by atoms with Gasteiger partial charge in [0, 0.05) is 12.8 Å². The lowest BCUT2D eigenvalue weighted by Gasteiger charge is -2.21. The average Bonchev–Trinajstić information content (AvgIpc) is 2.52. The molecule has 0 radical (unpaired) electrons. The van der Waals surface area contributed by atoms with Crippen LogP contribution in [0.2, 0.25) is 0 Å². The molecule has 0 bridgehead atoms. The number of cyclic esters (lactones) is 1. The van der Waals surface area contributed by atoms with Crippen LogP contribution in [0.5, 0.6) is 0 Å². The van der Waals surface area contributed by atoms with E-state index in [1.165, 1.54) is 0 Å². The van der Waals surface area contributed by atoms with Crippen LogP contribution in [0.15, 0.2) is 30.3 Å². The van der Waals surface area contributed by atoms with Gasteiger partial charge in [0.25, 0.3) is 0 Å². The summed E-state index contributed by atoms with van der Waals surface area (Å²) in [6, 6.07) is 9.51. The van der Waals surface area contributed by atoms with Crippen LogP contribution in [0.1, 0.15) is 24.8 Å². The molecule has 2 rings (SSSR count). The van der Waals surface area contributed by atoms with Gasteiger partial charge in [-0.05, 0) is 18.4 Å². The molecule has 0 amide bonds. The third-order valence-electron chi connectivity index (χ3n) is 3.22. The van der Waals surface area contributed by atoms with E-state index in [1.807, 2.05) is 30.3 Å². The summed E-state index contributed by atoms with van der Waals surface area (Å²) in [5.41, 5.74) is 0.989. The van der Waals surface area contributed by atoms with E-state index in [1.54, 1.807) is 0 Å². The van der Waals surface area contributed by atoms with Crippen LogP contribution in [0.4, 0.5) is 0 Å². The van der Waals surface area contributed by atoms with Gasteiger partial charge >= 0.3 is 11.9 Å². The zero-order valence-electron chi connectivity index (χ0n) is 10.0. The third-order valence-corrected chi connectivity index (χ3v) is 3.22. The lowest BCUT2D eigenvalue weighted by atomic mass is 9.92. The first-order valence-corrected chi connectivity index (χ1v) is 6.13. The van der Waals surface area contributed by atoms with Gasteiger partial charge in [-0.3, -0.25) is 9.59 Å². The number of aliphatic carboxylic acids is 1. The molecular weight excluding hydrogens is 232 g/mol. The van der Waals surface area contributed by atoms with Crippen LogP contribution < -0.4 is 0 Å². The molecule has 0 aliphatic carbocycles. The molecule has 0 aromatic heterocycles. The molecule has 1 N–H and O–H groups in total. The second kappa shape index (κ2) is 5.67. The van der Waals surface area contributed by atoms with E-state index in [2.05, 4.69) is 0 Å². The topological polar surface area (TPSA) is 63.6 Å². The number of hydrogen-bond acceptors (Lipinski definition) is 3. The lowest BCUT2D eigenvalue weighted by Crippen LogP contribution is -2.32. The monoisotopic (exact) mass is 248 g/mol. The zero-order chi connectivity index (χ0) is 13.0. The number of esters is 1. The van der Waals surface area contributed by atoms with Crippen LogP contribution in [0, 0.1) is 5.92 Å². The highest BCUT2D eigenvalue weighted by molar-refractivity contribution is 5.74. The predicted octanol–water partition coefficient (Wildman–Crippen LogP) is 2.03. The molecule has 0 saturated carbocycles. The molecule has 1 aliphatic rings. The highest BCUT2D eigenvalue weighted by Gasteiger charge is 2.33. The first kappa shape index (κ1) is 12.6. The Labute approximate surface area is 106 Å². The minimum absolute atomic E-state index is 0.292. The Kier molecular flexibility index (Phi) is 3.97. The number of rotatable bonds is 3. The van der Waals surface area contributed by atoms with Crippen molar-refractivity contribution in [3.8, 4) is 0 Å². The smallest absolute Gasteiger partial charge is 0.310 e. The fourth-order valence-corrected chi connectivity index (χ4v) is 2.27. The number of ether oxygens (including phenoxy) is 1. The quantitative estimate of drug-likeness (QED) is 0.831. The van der Waals surface area contributed by atoms with Gasteiger partial charge in [-0.2, -0.15) is 0 Å². The van der Waals surface area contributed by atoms with Crippen LogP contribution in [-0.2, 0) is 20.7 Å². The highest BCUT2D eigenvalue weighted by Crippen LogP contribution is 2.24. The minimum atomic E-state index is -0.884. The molecule has 1 saturated heterocycles. The number of benzene rings is 1. The van der Waals surface area contributed by atoms with Crippen molar-refractivity contribution in [2.45, 2.75) is 31.8 Å². The Bertz CT molecular complexity index is 427. The first-order valence-electron chi connectivity index (χ1n) is 6.13. The molecule has 2 unspecified atom stereocenters. The van der Waals surface area contributed by atoms with E-state index in [0.717, 1.165) is 5.56 Å². The summed E-state index contributed by atoms with van der Waals surface area (Å²) in [5.74, 6) is -1.78. The second-order valence-corrected chi connectivity index (χ2v) is 4.55. The van der Waals surface area contributed by atoms with E-state index >= 15 is 0 Å². The van der Waals surface area contributed by atoms with Gasteiger partial charge in [0.05, 0.1) is 5.92 Å². The number of carbonyl (C=O) groups excluding carboxylic acids is 1. The van der Waals surface area contributed by atoms with E-state index in [9.17, 15) is 14.7 Å². The number of carbonyl (C=O) groups is 2. The molecule has 96 valence electrons. The van der Waals surface area contributed by atoms with Crippen molar-refractivity contribution in [2.24, 2.45) is 5.92 Å². The van der Waals surface area contributed by atoms with Crippen molar-refractivity contribution < 1.29 is 19.4 Å². The largest absolute Gasteiger partial charge is 0.481 e. The standard InChI is InChI=1S/C14H16O4/c15-13-8-4-7-11(14(16)17)12(18-13)9-10-5-2-1-3-6-10/h1-3,5-6,11-12H,4,7-9H2,(H,16,17). The fraction of sp³-hybridized carbons (Fsp3) is 0.429. The van der Waals surface area contributed by atoms with Crippen molar-refractivity contribution in [1.29, 1.82) is 0 Å². The number of carboxylic acids is 1. The Morgan fingerprint density at radius 1 is 1.33 bits per heavy atom. The van der Waals surface area contributed by atoms with Crippen molar-refractivity contribution in [1.82, 2.24) is 0 Å². The van der Waals surface area contributed by atoms with Gasteiger partial charge < -0.3 is 9.84 Å². The minimum Gasteiger partial charge on any atom is -0.481 e. The van der Waals surface area contributed by atoms with Crippen LogP contribution in [-0.4, -0.2) is 23.1 Å². The van der Waals surface area contributed by atoms with Crippen LogP contribution >= 0.6 is 0 Å². The summed E-state index contributed by atoms with van der Waals surface area (Å²) < 4.78 is 5.27. The third kappa shape index (κ3) is 3.09. The van der Waals surface area contributed by atoms with Crippen molar-refractivity contribution in [3.05, 3.63) is 35.9 Å². The van der Waals surface area contributed by atoms with Crippen LogP contribution in [0.25, 0.3) is 0 Å². The van der Waals surface area contributed by atoms with Gasteiger partial charge in [0.2, 0.25) is 0 Å². The van der Waals surface area contributed by atoms with E-state index < -0.39 is 18.0 Å². The molecule has 2 atom stereocenters. The molecule has 1 aromatic carbocycles. The Hall–Kier alpha value is -1.84. The molecule has 18 heavy (non-hydrogen) atoms. The second-order valence-electron chi connectivity index (χ2n) is 4.55. The molecule has 1 fully saturated rings. The molecule has 1 aromatic rings. The normalized spacial score (nSPS) is 24.1. The van der Waals surface area contributed by atoms with Crippen LogP contribution in [0.3, 0.4) is 0 Å². The summed E-state index contributed by atoms with van der Waals surface area (Å²) in [6.45, 7) is 0. The van der Waals surface area contributed by atoms with Crippen molar-refractivity contribution in [2.75, 3.05) is 0 Å². The summed E-state index contributed by atoms with van der Waals surface area (Å²) in [7, 11) is 0. The lowest BCUT2D eigenvalue weighted by molar-refractivity contribution is -0.156. The van der Waals surface area contributed by atoms with Gasteiger partial charge in [-0.25, -0.2) is 0 Å². The van der Waals surface area contributed by atoms with Gasteiger partial charge in [-0.1, -0.05) is 30.3 Å². The molecular formula is C14H16O4.